The van der Waals surface area contributed by atoms with Crippen molar-refractivity contribution in [3.63, 3.8) is 0 Å². The van der Waals surface area contributed by atoms with Crippen molar-refractivity contribution in [1.82, 2.24) is 4.98 Å². The Morgan fingerprint density at radius 1 is 1.55 bits per heavy atom. The molecule has 0 bridgehead atoms. The van der Waals surface area contributed by atoms with Gasteiger partial charge in [0.2, 0.25) is 5.88 Å². The molecular weight excluding hydrogens is 169 g/mol. The van der Waals surface area contributed by atoms with Crippen molar-refractivity contribution in [2.24, 2.45) is 0 Å². The maximum atomic E-state index is 11.6. The van der Waals surface area contributed by atoms with Crippen molar-refractivity contribution in [3.05, 3.63) is 23.4 Å². The molecule has 0 N–H and O–H groups in total. The van der Waals surface area contributed by atoms with Crippen LogP contribution in [0, 0.1) is 0 Å². The summed E-state index contributed by atoms with van der Waals surface area (Å²) in [5.41, 5.74) is 0. The molecule has 60 valence electrons. The summed E-state index contributed by atoms with van der Waals surface area (Å²) in [5, 5.41) is 0.348. The highest BCUT2D eigenvalue weighted by Crippen LogP contribution is 2.10. The number of ether oxygens (including phenoxy) is 1. The molecule has 0 aliphatic carbocycles. The van der Waals surface area contributed by atoms with Crippen molar-refractivity contribution >= 4 is 11.6 Å². The third-order valence-electron chi connectivity index (χ3n) is 1.02. The largest absolute Gasteiger partial charge is 0.475 e. The molecule has 0 fully saturated rings. The van der Waals surface area contributed by atoms with Gasteiger partial charge in [0.1, 0.15) is 18.4 Å². The summed E-state index contributed by atoms with van der Waals surface area (Å²) in [6.45, 7) is -0.498. The second-order valence-electron chi connectivity index (χ2n) is 1.84. The molecule has 1 rings (SSSR count). The van der Waals surface area contributed by atoms with Crippen molar-refractivity contribution < 1.29 is 9.13 Å². The predicted molar refractivity (Wildman–Crippen MR) is 40.7 cm³/mol. The van der Waals surface area contributed by atoms with Crippen LogP contribution < -0.4 is 4.74 Å². The molecule has 0 radical (unpaired) electrons. The van der Waals surface area contributed by atoms with E-state index in [1.54, 1.807) is 18.2 Å². The average Bonchev–Trinajstić information content (AvgIpc) is 2.01. The van der Waals surface area contributed by atoms with Crippen molar-refractivity contribution in [1.29, 1.82) is 0 Å². The maximum absolute atomic E-state index is 11.6. The lowest BCUT2D eigenvalue weighted by molar-refractivity contribution is 0.264. The molecule has 1 heterocycles. The first-order valence-electron chi connectivity index (χ1n) is 3.14. The maximum Gasteiger partial charge on any atom is 0.214 e. The summed E-state index contributed by atoms with van der Waals surface area (Å²) in [5.74, 6) is 0.357. The Hall–Kier alpha value is -0.830. The Bertz CT molecular complexity index is 231. The Balaban J connectivity index is 2.56. The summed E-state index contributed by atoms with van der Waals surface area (Å²) < 4.78 is 16.5. The van der Waals surface area contributed by atoms with Gasteiger partial charge in [0.25, 0.3) is 0 Å². The summed E-state index contributed by atoms with van der Waals surface area (Å²) in [7, 11) is 0. The van der Waals surface area contributed by atoms with Gasteiger partial charge in [0.15, 0.2) is 0 Å². The lowest BCUT2D eigenvalue weighted by atomic mass is 10.5. The molecule has 0 unspecified atom stereocenters. The SMILES string of the molecule is FCCOc1cccc(Cl)n1. The molecule has 0 aliphatic rings. The lowest BCUT2D eigenvalue weighted by Gasteiger charge is -2.00. The van der Waals surface area contributed by atoms with Crippen molar-refractivity contribution in [2.75, 3.05) is 13.3 Å². The highest BCUT2D eigenvalue weighted by atomic mass is 35.5. The standard InChI is InChI=1S/C7H7ClFNO/c8-6-2-1-3-7(10-6)11-5-4-9/h1-3H,4-5H2. The Labute approximate surface area is 69.0 Å². The number of halogens is 2. The zero-order valence-corrected chi connectivity index (χ0v) is 6.51. The number of pyridine rings is 1. The van der Waals surface area contributed by atoms with E-state index in [9.17, 15) is 4.39 Å². The predicted octanol–water partition coefficient (Wildman–Crippen LogP) is 2.08. The first-order valence-corrected chi connectivity index (χ1v) is 3.52. The van der Waals surface area contributed by atoms with Gasteiger partial charge < -0.3 is 4.74 Å². The van der Waals surface area contributed by atoms with E-state index in [1.807, 2.05) is 0 Å². The fraction of sp³-hybridized carbons (Fsp3) is 0.286. The van der Waals surface area contributed by atoms with Crippen LogP contribution >= 0.6 is 11.6 Å². The summed E-state index contributed by atoms with van der Waals surface area (Å²) in [6, 6.07) is 4.95. The topological polar surface area (TPSA) is 22.1 Å². The molecule has 1 aromatic heterocycles. The van der Waals surface area contributed by atoms with Crippen molar-refractivity contribution in [2.45, 2.75) is 0 Å². The first-order chi connectivity index (χ1) is 5.33. The molecule has 4 heteroatoms. The number of hydrogen-bond donors (Lipinski definition) is 0. The Morgan fingerprint density at radius 3 is 3.00 bits per heavy atom. The zero-order valence-electron chi connectivity index (χ0n) is 5.76. The van der Waals surface area contributed by atoms with E-state index in [4.69, 9.17) is 16.3 Å². The second kappa shape index (κ2) is 4.13. The van der Waals surface area contributed by atoms with Crippen molar-refractivity contribution in [3.8, 4) is 5.88 Å². The Kier molecular flexibility index (Phi) is 3.11. The van der Waals surface area contributed by atoms with Gasteiger partial charge in [0, 0.05) is 6.07 Å². The first kappa shape index (κ1) is 8.27. The highest BCUT2D eigenvalue weighted by molar-refractivity contribution is 6.29. The lowest BCUT2D eigenvalue weighted by Crippen LogP contribution is -1.99. The van der Waals surface area contributed by atoms with Crippen LogP contribution in [0.4, 0.5) is 4.39 Å². The van der Waals surface area contributed by atoms with Crippen LogP contribution in [0.15, 0.2) is 18.2 Å². The molecule has 0 saturated heterocycles. The van der Waals surface area contributed by atoms with E-state index >= 15 is 0 Å². The highest BCUT2D eigenvalue weighted by Gasteiger charge is 1.94. The normalized spacial score (nSPS) is 9.64. The van der Waals surface area contributed by atoms with Gasteiger partial charge in [0.05, 0.1) is 0 Å². The van der Waals surface area contributed by atoms with E-state index in [-0.39, 0.29) is 6.61 Å². The molecule has 0 spiro atoms. The molecular formula is C7H7ClFNO. The minimum atomic E-state index is -0.520. The fourth-order valence-corrected chi connectivity index (χ4v) is 0.769. The minimum Gasteiger partial charge on any atom is -0.475 e. The smallest absolute Gasteiger partial charge is 0.214 e. The summed E-state index contributed by atoms with van der Waals surface area (Å²) in [4.78, 5) is 3.79. The number of rotatable bonds is 3. The summed E-state index contributed by atoms with van der Waals surface area (Å²) in [6.07, 6.45) is 0. The van der Waals surface area contributed by atoms with Gasteiger partial charge in [-0.3, -0.25) is 0 Å². The third kappa shape index (κ3) is 2.72. The molecule has 0 saturated carbocycles. The van der Waals surface area contributed by atoms with Gasteiger partial charge in [-0.25, -0.2) is 9.37 Å². The van der Waals surface area contributed by atoms with Gasteiger partial charge in [-0.2, -0.15) is 0 Å². The number of hydrogen-bond acceptors (Lipinski definition) is 2. The van der Waals surface area contributed by atoms with E-state index < -0.39 is 6.67 Å². The number of aromatic nitrogens is 1. The minimum absolute atomic E-state index is 0.0212. The second-order valence-corrected chi connectivity index (χ2v) is 2.22. The molecule has 0 aromatic carbocycles. The van der Waals surface area contributed by atoms with Gasteiger partial charge in [-0.1, -0.05) is 17.7 Å². The zero-order chi connectivity index (χ0) is 8.10. The van der Waals surface area contributed by atoms with Gasteiger partial charge >= 0.3 is 0 Å². The fourth-order valence-electron chi connectivity index (χ4n) is 0.613. The molecule has 0 atom stereocenters. The van der Waals surface area contributed by atoms with Gasteiger partial charge in [-0.05, 0) is 6.07 Å². The van der Waals surface area contributed by atoms with Crippen LogP contribution in [0.25, 0.3) is 0 Å². The number of alkyl halides is 1. The van der Waals surface area contributed by atoms with Crippen LogP contribution in [-0.4, -0.2) is 18.3 Å². The van der Waals surface area contributed by atoms with E-state index in [0.717, 1.165) is 0 Å². The molecule has 0 aliphatic heterocycles. The van der Waals surface area contributed by atoms with Crippen LogP contribution in [-0.2, 0) is 0 Å². The molecule has 2 nitrogen and oxygen atoms in total. The van der Waals surface area contributed by atoms with E-state index in [2.05, 4.69) is 4.98 Å². The quantitative estimate of drug-likeness (QED) is 0.657. The van der Waals surface area contributed by atoms with Gasteiger partial charge in [-0.15, -0.1) is 0 Å². The molecule has 0 amide bonds. The van der Waals surface area contributed by atoms with E-state index in [0.29, 0.717) is 11.0 Å². The molecule has 11 heavy (non-hydrogen) atoms. The van der Waals surface area contributed by atoms with E-state index in [1.165, 1.54) is 0 Å². The Morgan fingerprint density at radius 2 is 2.36 bits per heavy atom. The summed E-state index contributed by atoms with van der Waals surface area (Å²) >= 11 is 5.54. The average molecular weight is 176 g/mol. The van der Waals surface area contributed by atoms with Crippen LogP contribution in [0.2, 0.25) is 5.15 Å². The molecule has 1 aromatic rings. The van der Waals surface area contributed by atoms with Crippen LogP contribution in [0.5, 0.6) is 5.88 Å². The third-order valence-corrected chi connectivity index (χ3v) is 1.23. The monoisotopic (exact) mass is 175 g/mol. The van der Waals surface area contributed by atoms with Crippen LogP contribution in [0.1, 0.15) is 0 Å². The number of nitrogens with zero attached hydrogens (tertiary/aromatic N) is 1. The van der Waals surface area contributed by atoms with Crippen LogP contribution in [0.3, 0.4) is 0 Å².